The smallest absolute Gasteiger partial charge is 0.191 e. The zero-order chi connectivity index (χ0) is 20.2. The molecule has 7 heteroatoms. The fourth-order valence-corrected chi connectivity index (χ4v) is 5.13. The van der Waals surface area contributed by atoms with Gasteiger partial charge in [-0.25, -0.2) is 0 Å². The molecular formula is C23H36IN5O. The van der Waals surface area contributed by atoms with E-state index in [2.05, 4.69) is 29.6 Å². The van der Waals surface area contributed by atoms with Gasteiger partial charge in [-0.1, -0.05) is 6.42 Å². The van der Waals surface area contributed by atoms with Gasteiger partial charge in [-0.15, -0.1) is 24.0 Å². The molecule has 30 heavy (non-hydrogen) atoms. The van der Waals surface area contributed by atoms with Crippen LogP contribution >= 0.6 is 24.0 Å². The van der Waals surface area contributed by atoms with E-state index in [0.29, 0.717) is 6.04 Å². The lowest BCUT2D eigenvalue weighted by Crippen LogP contribution is -2.46. The van der Waals surface area contributed by atoms with E-state index in [1.807, 2.05) is 23.9 Å². The number of hydrogen-bond donors (Lipinski definition) is 2. The third-order valence-electron chi connectivity index (χ3n) is 6.82. The van der Waals surface area contributed by atoms with Crippen LogP contribution in [-0.4, -0.2) is 34.9 Å². The van der Waals surface area contributed by atoms with E-state index in [1.54, 1.807) is 6.26 Å². The van der Waals surface area contributed by atoms with Crippen molar-refractivity contribution in [3.8, 4) is 0 Å². The van der Waals surface area contributed by atoms with E-state index in [-0.39, 0.29) is 24.0 Å². The summed E-state index contributed by atoms with van der Waals surface area (Å²) in [6.07, 6.45) is 10.2. The number of hydrogen-bond acceptors (Lipinski definition) is 3. The first-order valence-corrected chi connectivity index (χ1v) is 11.2. The Kier molecular flexibility index (Phi) is 8.25. The van der Waals surface area contributed by atoms with Crippen molar-refractivity contribution in [3.63, 3.8) is 0 Å². The van der Waals surface area contributed by atoms with Crippen LogP contribution in [0, 0.1) is 25.7 Å². The second kappa shape index (κ2) is 10.7. The number of aliphatic imine (C=N–C) groups is 1. The molecule has 2 fully saturated rings. The van der Waals surface area contributed by atoms with E-state index in [4.69, 9.17) is 9.41 Å². The van der Waals surface area contributed by atoms with Gasteiger partial charge in [-0.05, 0) is 75.5 Å². The molecule has 3 unspecified atom stereocenters. The fourth-order valence-electron chi connectivity index (χ4n) is 5.13. The molecule has 0 amide bonds. The molecule has 6 nitrogen and oxygen atoms in total. The molecule has 2 aromatic rings. The van der Waals surface area contributed by atoms with E-state index >= 15 is 0 Å². The molecule has 0 spiro atoms. The summed E-state index contributed by atoms with van der Waals surface area (Å²) in [7, 11) is 2.02. The second-order valence-corrected chi connectivity index (χ2v) is 8.79. The van der Waals surface area contributed by atoms with E-state index in [1.165, 1.54) is 36.9 Å². The minimum Gasteiger partial charge on any atom is -0.469 e. The predicted molar refractivity (Wildman–Crippen MR) is 132 cm³/mol. The van der Waals surface area contributed by atoms with Gasteiger partial charge in [0.05, 0.1) is 12.0 Å². The Morgan fingerprint density at radius 3 is 2.77 bits per heavy atom. The van der Waals surface area contributed by atoms with Crippen LogP contribution in [0.5, 0.6) is 0 Å². The lowest BCUT2D eigenvalue weighted by molar-refractivity contribution is 0.387. The summed E-state index contributed by atoms with van der Waals surface area (Å²) in [5, 5.41) is 11.8. The second-order valence-electron chi connectivity index (χ2n) is 8.79. The number of nitrogens with one attached hydrogen (secondary N) is 2. The van der Waals surface area contributed by atoms with Crippen LogP contribution in [0.3, 0.4) is 0 Å². The quantitative estimate of drug-likeness (QED) is 0.235. The topological polar surface area (TPSA) is 67.4 Å². The average Bonchev–Trinajstić information content (AvgIpc) is 3.48. The third-order valence-corrected chi connectivity index (χ3v) is 6.82. The molecule has 2 aliphatic rings. The van der Waals surface area contributed by atoms with E-state index < -0.39 is 0 Å². The van der Waals surface area contributed by atoms with Gasteiger partial charge >= 0.3 is 0 Å². The van der Waals surface area contributed by atoms with Gasteiger partial charge in [-0.2, -0.15) is 5.10 Å². The van der Waals surface area contributed by atoms with Crippen LogP contribution in [0.4, 0.5) is 0 Å². The van der Waals surface area contributed by atoms with Crippen molar-refractivity contribution in [1.29, 1.82) is 0 Å². The van der Waals surface area contributed by atoms with E-state index in [0.717, 1.165) is 61.6 Å². The first-order valence-electron chi connectivity index (χ1n) is 11.2. The highest BCUT2D eigenvalue weighted by Crippen LogP contribution is 2.44. The van der Waals surface area contributed by atoms with E-state index in [9.17, 15) is 0 Å². The molecule has 2 N–H and O–H groups in total. The normalized spacial score (nSPS) is 22.9. The number of aryl methyl sites for hydroxylation is 2. The maximum Gasteiger partial charge on any atom is 0.191 e. The van der Waals surface area contributed by atoms with Gasteiger partial charge in [0.25, 0.3) is 0 Å². The molecule has 0 aromatic carbocycles. The zero-order valence-corrected chi connectivity index (χ0v) is 20.8. The van der Waals surface area contributed by atoms with Crippen molar-refractivity contribution >= 4 is 29.9 Å². The summed E-state index contributed by atoms with van der Waals surface area (Å²) in [6.45, 7) is 5.91. The summed E-state index contributed by atoms with van der Waals surface area (Å²) in [6, 6.07) is 4.56. The SMILES string of the molecule is Cc1nn(C)c(C)c1CCCN=C(NCCc1ccco1)NC1CC2CCC1C2.I. The van der Waals surface area contributed by atoms with Crippen LogP contribution in [0.1, 0.15) is 54.8 Å². The number of furan rings is 1. The number of rotatable bonds is 8. The van der Waals surface area contributed by atoms with Gasteiger partial charge < -0.3 is 15.1 Å². The summed E-state index contributed by atoms with van der Waals surface area (Å²) < 4.78 is 7.43. The van der Waals surface area contributed by atoms with Crippen molar-refractivity contribution in [3.05, 3.63) is 41.1 Å². The van der Waals surface area contributed by atoms with Crippen LogP contribution in [-0.2, 0) is 19.9 Å². The zero-order valence-electron chi connectivity index (χ0n) is 18.5. The van der Waals surface area contributed by atoms with Crippen LogP contribution in [0.15, 0.2) is 27.8 Å². The Bertz CT molecular complexity index is 829. The van der Waals surface area contributed by atoms with Gasteiger partial charge in [0, 0.05) is 38.3 Å². The molecule has 166 valence electrons. The minimum absolute atomic E-state index is 0. The maximum absolute atomic E-state index is 5.45. The lowest BCUT2D eigenvalue weighted by atomic mass is 9.95. The Hall–Kier alpha value is -1.51. The maximum atomic E-state index is 5.45. The highest BCUT2D eigenvalue weighted by molar-refractivity contribution is 14.0. The summed E-state index contributed by atoms with van der Waals surface area (Å²) in [5.74, 6) is 3.74. The molecule has 2 aliphatic carbocycles. The summed E-state index contributed by atoms with van der Waals surface area (Å²) >= 11 is 0. The van der Waals surface area contributed by atoms with Crippen molar-refractivity contribution in [2.75, 3.05) is 13.1 Å². The number of guanidine groups is 1. The standard InChI is InChI=1S/C23H35N5O.HI/c1-16-21(17(2)28(3)27-16)7-4-11-24-23(25-12-10-20-6-5-13-29-20)26-22-15-18-8-9-19(22)14-18;/h5-6,13,18-19,22H,4,7-12,14-15H2,1-3H3,(H2,24,25,26);1H. The number of aromatic nitrogens is 2. The van der Waals surface area contributed by atoms with Crippen molar-refractivity contribution in [2.24, 2.45) is 23.9 Å². The summed E-state index contributed by atoms with van der Waals surface area (Å²) in [4.78, 5) is 4.91. The molecule has 2 saturated carbocycles. The monoisotopic (exact) mass is 525 g/mol. The molecule has 0 aliphatic heterocycles. The Morgan fingerprint density at radius 1 is 1.27 bits per heavy atom. The first kappa shape index (κ1) is 23.2. The lowest BCUT2D eigenvalue weighted by Gasteiger charge is -2.25. The molecule has 3 atom stereocenters. The molecule has 2 aromatic heterocycles. The fraction of sp³-hybridized carbons (Fsp3) is 0.652. The molecule has 2 bridgehead atoms. The first-order chi connectivity index (χ1) is 14.1. The van der Waals surface area contributed by atoms with Crippen molar-refractivity contribution < 1.29 is 4.42 Å². The number of fused-ring (bicyclic) bond motifs is 2. The van der Waals surface area contributed by atoms with Crippen LogP contribution in [0.25, 0.3) is 0 Å². The van der Waals surface area contributed by atoms with Gasteiger partial charge in [0.1, 0.15) is 5.76 Å². The Balaban J connectivity index is 0.00000256. The molecule has 2 heterocycles. The third kappa shape index (κ3) is 5.59. The minimum atomic E-state index is 0. The van der Waals surface area contributed by atoms with Crippen molar-refractivity contribution in [2.45, 2.75) is 64.8 Å². The highest BCUT2D eigenvalue weighted by atomic mass is 127. The molecule has 4 rings (SSSR count). The average molecular weight is 525 g/mol. The highest BCUT2D eigenvalue weighted by Gasteiger charge is 2.39. The molecular weight excluding hydrogens is 489 g/mol. The largest absolute Gasteiger partial charge is 0.469 e. The summed E-state index contributed by atoms with van der Waals surface area (Å²) in [5.41, 5.74) is 3.78. The Morgan fingerprint density at radius 2 is 2.13 bits per heavy atom. The molecule has 0 saturated heterocycles. The number of halogens is 1. The van der Waals surface area contributed by atoms with Gasteiger partial charge in [-0.3, -0.25) is 9.67 Å². The van der Waals surface area contributed by atoms with Crippen molar-refractivity contribution in [1.82, 2.24) is 20.4 Å². The van der Waals surface area contributed by atoms with Gasteiger partial charge in [0.15, 0.2) is 5.96 Å². The van der Waals surface area contributed by atoms with Gasteiger partial charge in [0.2, 0.25) is 0 Å². The van der Waals surface area contributed by atoms with Crippen LogP contribution < -0.4 is 10.6 Å². The predicted octanol–water partition coefficient (Wildman–Crippen LogP) is 4.15. The molecule has 0 radical (unpaired) electrons. The van der Waals surface area contributed by atoms with Crippen LogP contribution in [0.2, 0.25) is 0 Å². The number of nitrogens with zero attached hydrogens (tertiary/aromatic N) is 3. The Labute approximate surface area is 197 Å².